The first kappa shape index (κ1) is 111. The van der Waals surface area contributed by atoms with Gasteiger partial charge < -0.3 is 60.7 Å². The molecule has 8 aromatic rings. The molecule has 2 saturated heterocycles. The number of hydrogen-bond acceptors (Lipinski definition) is 21. The third-order valence-corrected chi connectivity index (χ3v) is 24.7. The predicted octanol–water partition coefficient (Wildman–Crippen LogP) is 21.1. The number of hydrogen-bond donors (Lipinski definition) is 8. The predicted molar refractivity (Wildman–Crippen MR) is 531 cm³/mol. The molecule has 3 aliphatic rings. The van der Waals surface area contributed by atoms with Gasteiger partial charge in [-0.15, -0.1) is 0 Å². The van der Waals surface area contributed by atoms with Gasteiger partial charge in [0, 0.05) is 40.1 Å². The third-order valence-electron chi connectivity index (χ3n) is 21.6. The SMILES string of the molecule is C=C1N[C@](CC(C)(C)C)(c2ccc(Br)cc2F)C(=O)N1[C@H](CO)c1ccc(Cl)c(C(=O)OC)c1.C=C1N[C@](CC(C)(C)C)(c2ccc(Br)cc2F)C(=O)N1[C@H](CO)c1ccc(Cl)c(C(=O)OC)c1.CC(C)OC(=O)[C@](CC(C)(C)C)(NC(=S)NC(=O)OCc1ccccc1)c1ccc(Br)cc1F.COC(=O)c1cc([C@@H](CO)N2C(=O)[C@@](CC(C)(C)C)(c3ccc(Br)cc3F)N=C2N)ccc1Cl. The van der Waals surface area contributed by atoms with Gasteiger partial charge in [-0.05, 0) is 181 Å². The number of aliphatic hydroxyl groups excluding tert-OH is 3. The van der Waals surface area contributed by atoms with Crippen molar-refractivity contribution < 1.29 is 94.9 Å². The molecule has 8 aromatic carbocycles. The summed E-state index contributed by atoms with van der Waals surface area (Å²) in [6.45, 7) is 33.2. The number of aliphatic hydroxyl groups is 3. The maximum Gasteiger partial charge on any atom is 0.413 e. The first-order chi connectivity index (χ1) is 63.3. The van der Waals surface area contributed by atoms with Gasteiger partial charge in [-0.1, -0.05) is 268 Å². The Morgan fingerprint density at radius 1 is 0.507 bits per heavy atom. The van der Waals surface area contributed by atoms with Crippen molar-refractivity contribution in [3.8, 4) is 0 Å². The summed E-state index contributed by atoms with van der Waals surface area (Å²) in [5.41, 5.74) is 1.30. The van der Waals surface area contributed by atoms with Gasteiger partial charge in [0.2, 0.25) is 0 Å². The molecule has 9 N–H and O–H groups in total. The van der Waals surface area contributed by atoms with Crippen LogP contribution in [0.1, 0.15) is 216 Å². The molecular formula is C99H110Br4Cl3F4N9O16S. The van der Waals surface area contributed by atoms with E-state index in [1.54, 1.807) is 68.4 Å². The normalized spacial score (nSPS) is 17.7. The van der Waals surface area contributed by atoms with Crippen molar-refractivity contribution >= 4 is 170 Å². The highest BCUT2D eigenvalue weighted by atomic mass is 79.9. The monoisotopic (exact) mass is 2210 g/mol. The van der Waals surface area contributed by atoms with Crippen LogP contribution < -0.4 is 27.0 Å². The first-order valence-corrected chi connectivity index (χ1v) is 47.2. The van der Waals surface area contributed by atoms with Gasteiger partial charge in [-0.3, -0.25) is 34.4 Å². The average molecular weight is 2220 g/mol. The van der Waals surface area contributed by atoms with Crippen LogP contribution in [0.3, 0.4) is 0 Å². The summed E-state index contributed by atoms with van der Waals surface area (Å²) in [4.78, 5) is 113. The van der Waals surface area contributed by atoms with Gasteiger partial charge in [0.05, 0.1) is 97.1 Å². The van der Waals surface area contributed by atoms with Crippen LogP contribution in [0.15, 0.2) is 205 Å². The van der Waals surface area contributed by atoms with Gasteiger partial charge >= 0.3 is 30.0 Å². The number of esters is 4. The van der Waals surface area contributed by atoms with E-state index in [0.29, 0.717) is 34.6 Å². The van der Waals surface area contributed by atoms with Crippen molar-refractivity contribution in [3.05, 3.63) is 300 Å². The zero-order valence-corrected chi connectivity index (χ0v) is 87.4. The molecule has 7 atom stereocenters. The number of aliphatic imine (C=N–C) groups is 1. The Labute approximate surface area is 842 Å². The maximum absolute atomic E-state index is 15.2. The fourth-order valence-electron chi connectivity index (χ4n) is 16.5. The number of amides is 4. The van der Waals surface area contributed by atoms with Crippen LogP contribution in [0.4, 0.5) is 22.4 Å². The van der Waals surface area contributed by atoms with Crippen LogP contribution in [0.25, 0.3) is 0 Å². The quantitative estimate of drug-likeness (QED) is 0.0114. The minimum atomic E-state index is -1.70. The Balaban J connectivity index is 0.000000223. The van der Waals surface area contributed by atoms with Gasteiger partial charge in [-0.25, -0.2) is 46.5 Å². The van der Waals surface area contributed by atoms with E-state index in [4.69, 9.17) is 76.4 Å². The fraction of sp³-hybridized carbons (Fsp3) is 0.374. The number of nitrogens with two attached hydrogens (primary N) is 1. The molecule has 0 bridgehead atoms. The number of thiocarbonyl (C=S) groups is 1. The van der Waals surface area contributed by atoms with E-state index in [0.717, 1.165) is 10.5 Å². The topological polar surface area (TPSA) is 340 Å². The molecule has 0 aromatic heterocycles. The Hall–Kier alpha value is -9.85. The Morgan fingerprint density at radius 2 is 0.868 bits per heavy atom. The lowest BCUT2D eigenvalue weighted by Crippen LogP contribution is -2.58. The summed E-state index contributed by atoms with van der Waals surface area (Å²) >= 11 is 36.8. The van der Waals surface area contributed by atoms with Crippen molar-refractivity contribution in [2.24, 2.45) is 32.4 Å². The van der Waals surface area contributed by atoms with Crippen molar-refractivity contribution in [1.82, 2.24) is 36.0 Å². The van der Waals surface area contributed by atoms with Crippen LogP contribution in [0.2, 0.25) is 15.1 Å². The number of alkyl carbamates (subject to hydrolysis) is 1. The summed E-state index contributed by atoms with van der Waals surface area (Å²) < 4.78 is 87.9. The van der Waals surface area contributed by atoms with Crippen LogP contribution >= 0.6 is 111 Å². The Bertz CT molecular complexity index is 5630. The van der Waals surface area contributed by atoms with Gasteiger partial charge in [0.1, 0.15) is 52.6 Å². The molecule has 25 nitrogen and oxygen atoms in total. The molecule has 0 saturated carbocycles. The number of rotatable bonds is 25. The summed E-state index contributed by atoms with van der Waals surface area (Å²) in [5, 5.41) is 42.8. The number of methoxy groups -OCH3 is 3. The molecule has 4 amide bonds. The first-order valence-electron chi connectivity index (χ1n) is 42.4. The van der Waals surface area contributed by atoms with Crippen LogP contribution in [-0.4, -0.2) is 136 Å². The molecule has 0 aliphatic carbocycles. The summed E-state index contributed by atoms with van der Waals surface area (Å²) in [6.07, 6.45) is -0.437. The molecule has 730 valence electrons. The molecule has 3 heterocycles. The highest BCUT2D eigenvalue weighted by Gasteiger charge is 2.58. The fourth-order valence-corrected chi connectivity index (χ4v) is 18.7. The van der Waals surface area contributed by atoms with E-state index in [-0.39, 0.29) is 120 Å². The Kier molecular flexibility index (Phi) is 37.6. The number of benzene rings is 8. The van der Waals surface area contributed by atoms with Crippen LogP contribution in [-0.2, 0) is 71.6 Å². The maximum atomic E-state index is 15.2. The Morgan fingerprint density at radius 3 is 1.21 bits per heavy atom. The number of guanidine groups is 1. The van der Waals surface area contributed by atoms with Gasteiger partial charge in [0.15, 0.2) is 22.1 Å². The van der Waals surface area contributed by atoms with Crippen molar-refractivity contribution in [1.29, 1.82) is 0 Å². The van der Waals surface area contributed by atoms with E-state index in [1.165, 1.54) is 104 Å². The lowest BCUT2D eigenvalue weighted by Gasteiger charge is -2.39. The standard InChI is InChI=1S/2C25H27BrClFN2O4.C25H30BrFN2O4S.C24H26BrClFN3O4/c2*1-14-29-25(13-24(2,3)4,18-8-7-16(26)11-20(18)28)23(33)30(14)21(12-31)15-6-9-19(27)17(10-15)22(32)34-5;1-16(2)33-21(30)25(15-24(3,4)5,19-12-11-18(26)13-20(19)27)29-22(34)28-23(31)32-14-17-9-7-6-8-10-17;1-23(2,3)12-24(16-7-6-14(25)10-18(16)27)21(33)30(22(28)29-24)19(11-31)13-5-8-17(26)15(9-13)20(32)34-4/h2*6-11,21,29,31H,1,12-13H2,2-5H3;6-13,16H,14-15H2,1-5H3,(H2,28,29,31,34);5-10,19,31H,11-12H2,1-4H3,(H2,28,29)/t2*21-,25-;25-;19-,24-/m1111/s1. The molecule has 3 aliphatic heterocycles. The van der Waals surface area contributed by atoms with Crippen molar-refractivity contribution in [2.75, 3.05) is 41.2 Å². The highest BCUT2D eigenvalue weighted by molar-refractivity contribution is 9.11. The van der Waals surface area contributed by atoms with Gasteiger partial charge in [-0.2, -0.15) is 0 Å². The zero-order valence-electron chi connectivity index (χ0n) is 78.0. The smallest absolute Gasteiger partial charge is 0.413 e. The lowest BCUT2D eigenvalue weighted by atomic mass is 9.75. The molecule has 2 fully saturated rings. The van der Waals surface area contributed by atoms with Crippen molar-refractivity contribution in [2.45, 2.75) is 176 Å². The number of nitrogens with zero attached hydrogens (tertiary/aromatic N) is 4. The highest BCUT2D eigenvalue weighted by Crippen LogP contribution is 2.51. The summed E-state index contributed by atoms with van der Waals surface area (Å²) in [5.74, 6) is -6.22. The number of ether oxygens (including phenoxy) is 5. The zero-order chi connectivity index (χ0) is 102. The van der Waals surface area contributed by atoms with E-state index >= 15 is 17.6 Å². The molecule has 11 rings (SSSR count). The number of halogens is 11. The van der Waals surface area contributed by atoms with Crippen LogP contribution in [0.5, 0.6) is 0 Å². The summed E-state index contributed by atoms with van der Waals surface area (Å²) in [6, 6.07) is 37.9. The lowest BCUT2D eigenvalue weighted by molar-refractivity contribution is -0.157. The molecule has 0 unspecified atom stereocenters. The second-order valence-corrected chi connectivity index (χ2v) is 42.8. The minimum Gasteiger partial charge on any atom is -0.465 e. The average Bonchev–Trinajstić information content (AvgIpc) is 1.58. The number of nitrogens with one attached hydrogen (secondary N) is 4. The molecule has 136 heavy (non-hydrogen) atoms. The molecule has 0 radical (unpaired) electrons. The number of carbonyl (C=O) groups is 8. The molecular weight excluding hydrogens is 2110 g/mol. The van der Waals surface area contributed by atoms with E-state index < -0.39 is 148 Å². The molecule has 37 heteroatoms. The summed E-state index contributed by atoms with van der Waals surface area (Å²) in [7, 11) is 3.69. The van der Waals surface area contributed by atoms with E-state index in [2.05, 4.69) is 103 Å². The second-order valence-electron chi connectivity index (χ2n) is 37.5. The van der Waals surface area contributed by atoms with Crippen LogP contribution in [0, 0.1) is 44.9 Å². The number of carbonyl (C=O) groups excluding carboxylic acids is 8. The second kappa shape index (κ2) is 45.8. The van der Waals surface area contributed by atoms with E-state index in [9.17, 15) is 53.7 Å². The molecule has 0 spiro atoms. The minimum absolute atomic E-state index is 0.0408. The van der Waals surface area contributed by atoms with E-state index in [1.807, 2.05) is 113 Å². The van der Waals surface area contributed by atoms with Crippen molar-refractivity contribution in [3.63, 3.8) is 0 Å². The third kappa shape index (κ3) is 26.6. The largest absolute Gasteiger partial charge is 0.465 e. The van der Waals surface area contributed by atoms with Gasteiger partial charge in [0.25, 0.3) is 17.7 Å².